The first-order valence-electron chi connectivity index (χ1n) is 4.61. The molecular weight excluding hydrogens is 298 g/mol. The molecule has 0 bridgehead atoms. The fourth-order valence-corrected chi connectivity index (χ4v) is 2.60. The molecule has 1 saturated heterocycles. The van der Waals surface area contributed by atoms with Crippen LogP contribution in [-0.4, -0.2) is 30.6 Å². The minimum Gasteiger partial charge on any atom is -0.372 e. The lowest BCUT2D eigenvalue weighted by atomic mass is 10.4. The Kier molecular flexibility index (Phi) is 3.96. The van der Waals surface area contributed by atoms with Crippen LogP contribution in [0.2, 0.25) is 5.02 Å². The van der Waals surface area contributed by atoms with Crippen LogP contribution in [0.4, 0.5) is 0 Å². The molecule has 0 aromatic heterocycles. The molecular formula is C10H11BrClNOS. The normalized spacial score (nSPS) is 19.6. The van der Waals surface area contributed by atoms with E-state index in [0.717, 1.165) is 27.5 Å². The lowest BCUT2D eigenvalue weighted by Gasteiger charge is -2.14. The van der Waals surface area contributed by atoms with E-state index in [-0.39, 0.29) is 0 Å². The Balaban J connectivity index is 1.93. The number of likely N-dealkylation sites (N-methyl/N-ethyl adjacent to an activating group) is 1. The standard InChI is InChI=1S/C10H11BrClNOS/c1-13(5-7-6-14-7)15-8-2-3-9(11)10(12)4-8/h2-4,7H,5-6H2,1H3/t7-/m0/s1. The van der Waals surface area contributed by atoms with Gasteiger partial charge in [-0.15, -0.1) is 0 Å². The van der Waals surface area contributed by atoms with Crippen molar-refractivity contribution in [3.63, 3.8) is 0 Å². The molecule has 0 spiro atoms. The molecule has 1 aromatic carbocycles. The summed E-state index contributed by atoms with van der Waals surface area (Å²) in [6, 6.07) is 5.97. The highest BCUT2D eigenvalue weighted by Gasteiger charge is 2.24. The van der Waals surface area contributed by atoms with Crippen molar-refractivity contribution in [2.75, 3.05) is 20.2 Å². The third kappa shape index (κ3) is 3.64. The minimum atomic E-state index is 0.424. The van der Waals surface area contributed by atoms with Gasteiger partial charge in [-0.05, 0) is 53.1 Å². The molecule has 0 amide bonds. The number of halogens is 2. The minimum absolute atomic E-state index is 0.424. The van der Waals surface area contributed by atoms with E-state index < -0.39 is 0 Å². The Morgan fingerprint density at radius 3 is 3.00 bits per heavy atom. The molecule has 1 heterocycles. The van der Waals surface area contributed by atoms with Gasteiger partial charge in [0.15, 0.2) is 0 Å². The van der Waals surface area contributed by atoms with Crippen LogP contribution in [0, 0.1) is 0 Å². The Morgan fingerprint density at radius 2 is 2.40 bits per heavy atom. The van der Waals surface area contributed by atoms with Crippen LogP contribution in [0.1, 0.15) is 0 Å². The molecule has 1 aliphatic heterocycles. The quantitative estimate of drug-likeness (QED) is 0.626. The second-order valence-electron chi connectivity index (χ2n) is 3.43. The number of hydrogen-bond acceptors (Lipinski definition) is 3. The first kappa shape index (κ1) is 11.7. The molecule has 0 aliphatic carbocycles. The molecule has 5 heteroatoms. The number of nitrogens with zero attached hydrogens (tertiary/aromatic N) is 1. The second kappa shape index (κ2) is 5.06. The fraction of sp³-hybridized carbons (Fsp3) is 0.400. The summed E-state index contributed by atoms with van der Waals surface area (Å²) in [7, 11) is 2.06. The smallest absolute Gasteiger partial charge is 0.0945 e. The molecule has 1 aromatic rings. The Bertz CT molecular complexity index is 359. The van der Waals surface area contributed by atoms with Crippen molar-refractivity contribution in [1.29, 1.82) is 0 Å². The lowest BCUT2D eigenvalue weighted by molar-refractivity contribution is 0.373. The van der Waals surface area contributed by atoms with Gasteiger partial charge in [0.2, 0.25) is 0 Å². The molecule has 0 N–H and O–H groups in total. The van der Waals surface area contributed by atoms with Crippen molar-refractivity contribution in [2.45, 2.75) is 11.0 Å². The van der Waals surface area contributed by atoms with Gasteiger partial charge in [-0.2, -0.15) is 0 Å². The van der Waals surface area contributed by atoms with E-state index in [4.69, 9.17) is 16.3 Å². The summed E-state index contributed by atoms with van der Waals surface area (Å²) < 4.78 is 8.27. The molecule has 1 atom stereocenters. The van der Waals surface area contributed by atoms with Crippen molar-refractivity contribution in [3.8, 4) is 0 Å². The molecule has 0 saturated carbocycles. The van der Waals surface area contributed by atoms with Crippen LogP contribution >= 0.6 is 39.5 Å². The first-order chi connectivity index (χ1) is 7.15. The molecule has 82 valence electrons. The van der Waals surface area contributed by atoms with E-state index in [0.29, 0.717) is 6.10 Å². The zero-order valence-corrected chi connectivity index (χ0v) is 11.4. The molecule has 1 fully saturated rings. The monoisotopic (exact) mass is 307 g/mol. The van der Waals surface area contributed by atoms with Crippen LogP contribution in [0.5, 0.6) is 0 Å². The molecule has 15 heavy (non-hydrogen) atoms. The van der Waals surface area contributed by atoms with Crippen molar-refractivity contribution in [1.82, 2.24) is 4.31 Å². The zero-order chi connectivity index (χ0) is 10.8. The van der Waals surface area contributed by atoms with E-state index in [9.17, 15) is 0 Å². The average molecular weight is 309 g/mol. The summed E-state index contributed by atoms with van der Waals surface area (Å²) in [5, 5.41) is 0.746. The fourth-order valence-electron chi connectivity index (χ4n) is 1.21. The van der Waals surface area contributed by atoms with Gasteiger partial charge in [-0.1, -0.05) is 11.6 Å². The van der Waals surface area contributed by atoms with Crippen molar-refractivity contribution < 1.29 is 4.74 Å². The van der Waals surface area contributed by atoms with Crippen LogP contribution in [0.15, 0.2) is 27.6 Å². The van der Waals surface area contributed by atoms with E-state index in [2.05, 4.69) is 27.3 Å². The van der Waals surface area contributed by atoms with Gasteiger partial charge in [0, 0.05) is 15.9 Å². The third-order valence-corrected chi connectivity index (χ3v) is 4.17. The summed E-state index contributed by atoms with van der Waals surface area (Å²) >= 11 is 11.1. The van der Waals surface area contributed by atoms with Crippen LogP contribution in [-0.2, 0) is 4.74 Å². The van der Waals surface area contributed by atoms with Crippen molar-refractivity contribution >= 4 is 39.5 Å². The van der Waals surface area contributed by atoms with E-state index in [1.54, 1.807) is 11.9 Å². The van der Waals surface area contributed by atoms with Gasteiger partial charge in [0.25, 0.3) is 0 Å². The van der Waals surface area contributed by atoms with E-state index in [1.807, 2.05) is 18.2 Å². The predicted molar refractivity (Wildman–Crippen MR) is 67.4 cm³/mol. The van der Waals surface area contributed by atoms with Crippen LogP contribution in [0.3, 0.4) is 0 Å². The van der Waals surface area contributed by atoms with Gasteiger partial charge < -0.3 is 4.74 Å². The van der Waals surface area contributed by atoms with Gasteiger partial charge in [0.1, 0.15) is 0 Å². The van der Waals surface area contributed by atoms with Gasteiger partial charge >= 0.3 is 0 Å². The first-order valence-corrected chi connectivity index (χ1v) is 6.55. The second-order valence-corrected chi connectivity index (χ2v) is 5.97. The zero-order valence-electron chi connectivity index (χ0n) is 8.24. The Morgan fingerprint density at radius 1 is 1.67 bits per heavy atom. The molecule has 1 aliphatic rings. The molecule has 0 unspecified atom stereocenters. The average Bonchev–Trinajstić information content (AvgIpc) is 2.95. The largest absolute Gasteiger partial charge is 0.372 e. The number of hydrogen-bond donors (Lipinski definition) is 0. The summed E-state index contributed by atoms with van der Waals surface area (Å²) in [6.07, 6.45) is 0.424. The van der Waals surface area contributed by atoms with Crippen LogP contribution in [0.25, 0.3) is 0 Å². The van der Waals surface area contributed by atoms with E-state index in [1.165, 1.54) is 0 Å². The highest BCUT2D eigenvalue weighted by molar-refractivity contribution is 9.10. The van der Waals surface area contributed by atoms with Gasteiger partial charge in [-0.3, -0.25) is 0 Å². The van der Waals surface area contributed by atoms with Crippen molar-refractivity contribution in [2.24, 2.45) is 0 Å². The maximum atomic E-state index is 6.01. The third-order valence-electron chi connectivity index (χ3n) is 2.02. The number of epoxide rings is 1. The molecule has 2 rings (SSSR count). The SMILES string of the molecule is CN(C[C@H]1CO1)Sc1ccc(Br)c(Cl)c1. The maximum absolute atomic E-state index is 6.01. The van der Waals surface area contributed by atoms with Crippen molar-refractivity contribution in [3.05, 3.63) is 27.7 Å². The Hall–Kier alpha value is 0.260. The van der Waals surface area contributed by atoms with Crippen LogP contribution < -0.4 is 0 Å². The number of ether oxygens (including phenoxy) is 1. The lowest BCUT2D eigenvalue weighted by Crippen LogP contribution is -2.15. The summed E-state index contributed by atoms with van der Waals surface area (Å²) in [5.41, 5.74) is 0. The topological polar surface area (TPSA) is 15.8 Å². The van der Waals surface area contributed by atoms with E-state index >= 15 is 0 Å². The summed E-state index contributed by atoms with van der Waals surface area (Å²) in [6.45, 7) is 1.85. The van der Waals surface area contributed by atoms with Gasteiger partial charge in [0.05, 0.1) is 17.7 Å². The summed E-state index contributed by atoms with van der Waals surface area (Å²) in [4.78, 5) is 1.14. The highest BCUT2D eigenvalue weighted by atomic mass is 79.9. The number of rotatable bonds is 4. The molecule has 2 nitrogen and oxygen atoms in total. The molecule has 0 radical (unpaired) electrons. The van der Waals surface area contributed by atoms with Gasteiger partial charge in [-0.25, -0.2) is 4.31 Å². The summed E-state index contributed by atoms with van der Waals surface area (Å²) in [5.74, 6) is 0. The Labute approximate surface area is 107 Å². The predicted octanol–water partition coefficient (Wildman–Crippen LogP) is 3.44. The maximum Gasteiger partial charge on any atom is 0.0945 e. The highest BCUT2D eigenvalue weighted by Crippen LogP contribution is 2.30. The number of benzene rings is 1.